The number of unbranched alkanes of at least 4 members (excludes halogenated alkanes) is 2. The molecule has 2 rings (SSSR count). The average Bonchev–Trinajstić information content (AvgIpc) is 2.68. The van der Waals surface area contributed by atoms with Crippen LogP contribution in [0.4, 0.5) is 0 Å². The highest BCUT2D eigenvalue weighted by molar-refractivity contribution is 4.92. The Balaban J connectivity index is 1.50. The maximum Gasteiger partial charge on any atom is -0.0233 e. The molecule has 0 radical (unpaired) electrons. The summed E-state index contributed by atoms with van der Waals surface area (Å²) >= 11 is 0. The molecule has 0 bridgehead atoms. The first-order chi connectivity index (χ1) is 12.8. The van der Waals surface area contributed by atoms with Crippen molar-refractivity contribution in [1.82, 2.24) is 0 Å². The van der Waals surface area contributed by atoms with Crippen LogP contribution in [-0.4, -0.2) is 0 Å². The molecule has 0 N–H and O–H groups in total. The van der Waals surface area contributed by atoms with Gasteiger partial charge in [-0.25, -0.2) is 0 Å². The molecule has 26 heavy (non-hydrogen) atoms. The van der Waals surface area contributed by atoms with E-state index in [1.54, 1.807) is 0 Å². The maximum atomic E-state index is 2.58. The zero-order valence-corrected chi connectivity index (χ0v) is 17.9. The van der Waals surface area contributed by atoms with Crippen LogP contribution in [-0.2, 0) is 0 Å². The molecule has 0 saturated heterocycles. The first-order valence-electron chi connectivity index (χ1n) is 12.1. The Labute approximate surface area is 164 Å². The second-order valence-electron chi connectivity index (χ2n) is 9.32. The molecule has 2 saturated carbocycles. The van der Waals surface area contributed by atoms with Crippen LogP contribution in [0, 0.1) is 23.7 Å². The summed E-state index contributed by atoms with van der Waals surface area (Å²) in [5, 5.41) is 0. The predicted octanol–water partition coefficient (Wildman–Crippen LogP) is 8.87. The molecule has 0 amide bonds. The molecule has 0 atom stereocenters. The van der Waals surface area contributed by atoms with E-state index in [-0.39, 0.29) is 0 Å². The Morgan fingerprint density at radius 1 is 0.654 bits per heavy atom. The highest BCUT2D eigenvalue weighted by Crippen LogP contribution is 2.35. The molecule has 2 fully saturated rings. The Bertz CT molecular complexity index is 375. The van der Waals surface area contributed by atoms with Crippen molar-refractivity contribution >= 4 is 0 Å². The lowest BCUT2D eigenvalue weighted by Gasteiger charge is -2.28. The topological polar surface area (TPSA) is 0 Å². The fourth-order valence-corrected chi connectivity index (χ4v) is 5.28. The van der Waals surface area contributed by atoms with Gasteiger partial charge in [0, 0.05) is 0 Å². The fraction of sp³-hybridized carbons (Fsp3) is 0.846. The standard InChI is InChI=1S/C26H46/c1-3-5-7-11-23-15-19-25(20-16-23)13-9-10-14-26-21-17-24(18-22-26)12-8-6-4-2/h3,5,9,13,23-26H,4,6-8,10-12,14-22H2,1-2H3/t23-,24-,25-,26-. The summed E-state index contributed by atoms with van der Waals surface area (Å²) in [5.74, 6) is 3.99. The Morgan fingerprint density at radius 3 is 1.77 bits per heavy atom. The minimum absolute atomic E-state index is 0.891. The van der Waals surface area contributed by atoms with Crippen LogP contribution >= 0.6 is 0 Å². The maximum absolute atomic E-state index is 2.58. The van der Waals surface area contributed by atoms with E-state index in [2.05, 4.69) is 38.2 Å². The lowest BCUT2D eigenvalue weighted by molar-refractivity contribution is 0.249. The summed E-state index contributed by atoms with van der Waals surface area (Å²) in [7, 11) is 0. The molecule has 0 heteroatoms. The summed E-state index contributed by atoms with van der Waals surface area (Å²) < 4.78 is 0. The molecular formula is C26H46. The second-order valence-corrected chi connectivity index (χ2v) is 9.32. The molecule has 150 valence electrons. The number of allylic oxidation sites excluding steroid dienone is 4. The van der Waals surface area contributed by atoms with E-state index < -0.39 is 0 Å². The van der Waals surface area contributed by atoms with E-state index >= 15 is 0 Å². The van der Waals surface area contributed by atoms with Crippen LogP contribution in [0.15, 0.2) is 24.3 Å². The van der Waals surface area contributed by atoms with E-state index in [0.29, 0.717) is 0 Å². The van der Waals surface area contributed by atoms with Gasteiger partial charge in [-0.1, -0.05) is 82.6 Å². The normalized spacial score (nSPS) is 30.4. The fourth-order valence-electron chi connectivity index (χ4n) is 5.28. The van der Waals surface area contributed by atoms with Crippen molar-refractivity contribution in [3.8, 4) is 0 Å². The van der Waals surface area contributed by atoms with Crippen molar-refractivity contribution in [1.29, 1.82) is 0 Å². The van der Waals surface area contributed by atoms with Crippen molar-refractivity contribution in [3.05, 3.63) is 24.3 Å². The van der Waals surface area contributed by atoms with Gasteiger partial charge >= 0.3 is 0 Å². The lowest BCUT2D eigenvalue weighted by Crippen LogP contribution is -2.14. The number of hydrogen-bond donors (Lipinski definition) is 0. The summed E-state index contributed by atoms with van der Waals surface area (Å²) in [4.78, 5) is 0. The van der Waals surface area contributed by atoms with Gasteiger partial charge in [0.25, 0.3) is 0 Å². The number of rotatable bonds is 11. The van der Waals surface area contributed by atoms with E-state index in [9.17, 15) is 0 Å². The van der Waals surface area contributed by atoms with Crippen molar-refractivity contribution in [2.75, 3.05) is 0 Å². The smallest absolute Gasteiger partial charge is 0.0233 e. The molecule has 0 unspecified atom stereocenters. The highest BCUT2D eigenvalue weighted by Gasteiger charge is 2.21. The van der Waals surface area contributed by atoms with Crippen LogP contribution in [0.1, 0.15) is 117 Å². The molecule has 0 heterocycles. The van der Waals surface area contributed by atoms with Gasteiger partial charge in [0.05, 0.1) is 0 Å². The van der Waals surface area contributed by atoms with Gasteiger partial charge in [0.2, 0.25) is 0 Å². The van der Waals surface area contributed by atoms with Crippen molar-refractivity contribution in [2.45, 2.75) is 117 Å². The second kappa shape index (κ2) is 13.6. The van der Waals surface area contributed by atoms with Crippen molar-refractivity contribution < 1.29 is 0 Å². The van der Waals surface area contributed by atoms with Crippen LogP contribution in [0.2, 0.25) is 0 Å². The SMILES string of the molecule is CC=CCC[C@H]1CC[C@H](C=CCC[C@H]2CC[C@H](CCCCC)CC2)CC1. The van der Waals surface area contributed by atoms with Crippen LogP contribution in [0.3, 0.4) is 0 Å². The van der Waals surface area contributed by atoms with E-state index in [4.69, 9.17) is 0 Å². The lowest BCUT2D eigenvalue weighted by atomic mass is 9.78. The van der Waals surface area contributed by atoms with Crippen molar-refractivity contribution in [2.24, 2.45) is 23.7 Å². The largest absolute Gasteiger partial charge is 0.0917 e. The van der Waals surface area contributed by atoms with Gasteiger partial charge < -0.3 is 0 Å². The summed E-state index contributed by atoms with van der Waals surface area (Å²) in [6.07, 6.45) is 32.9. The third kappa shape index (κ3) is 8.92. The van der Waals surface area contributed by atoms with E-state index in [1.165, 1.54) is 103 Å². The van der Waals surface area contributed by atoms with Gasteiger partial charge in [-0.15, -0.1) is 0 Å². The zero-order chi connectivity index (χ0) is 18.5. The Hall–Kier alpha value is -0.520. The monoisotopic (exact) mass is 358 g/mol. The summed E-state index contributed by atoms with van der Waals surface area (Å²) in [5.41, 5.74) is 0. The third-order valence-electron chi connectivity index (χ3n) is 7.20. The first-order valence-corrected chi connectivity index (χ1v) is 12.1. The first kappa shape index (κ1) is 21.8. The van der Waals surface area contributed by atoms with Crippen LogP contribution in [0.5, 0.6) is 0 Å². The number of hydrogen-bond acceptors (Lipinski definition) is 0. The molecule has 0 aliphatic heterocycles. The van der Waals surface area contributed by atoms with Crippen molar-refractivity contribution in [3.63, 3.8) is 0 Å². The van der Waals surface area contributed by atoms with Gasteiger partial charge in [-0.2, -0.15) is 0 Å². The minimum atomic E-state index is 0.891. The average molecular weight is 359 g/mol. The quantitative estimate of drug-likeness (QED) is 0.255. The summed E-state index contributed by atoms with van der Waals surface area (Å²) in [6, 6.07) is 0. The molecular weight excluding hydrogens is 312 g/mol. The van der Waals surface area contributed by atoms with E-state index in [1.807, 2.05) is 0 Å². The van der Waals surface area contributed by atoms with Gasteiger partial charge in [0.1, 0.15) is 0 Å². The zero-order valence-electron chi connectivity index (χ0n) is 17.9. The minimum Gasteiger partial charge on any atom is -0.0917 e. The molecule has 0 aromatic heterocycles. The van der Waals surface area contributed by atoms with Gasteiger partial charge in [-0.3, -0.25) is 0 Å². The summed E-state index contributed by atoms with van der Waals surface area (Å²) in [6.45, 7) is 4.46. The van der Waals surface area contributed by atoms with E-state index in [0.717, 1.165) is 23.7 Å². The molecule has 0 aromatic carbocycles. The third-order valence-corrected chi connectivity index (χ3v) is 7.20. The Morgan fingerprint density at radius 2 is 1.19 bits per heavy atom. The highest BCUT2D eigenvalue weighted by atomic mass is 14.3. The Kier molecular flexibility index (Phi) is 11.4. The van der Waals surface area contributed by atoms with Crippen LogP contribution in [0.25, 0.3) is 0 Å². The van der Waals surface area contributed by atoms with Gasteiger partial charge in [0.15, 0.2) is 0 Å². The molecule has 0 aromatic rings. The predicted molar refractivity (Wildman–Crippen MR) is 117 cm³/mol. The molecule has 0 nitrogen and oxygen atoms in total. The molecule has 0 spiro atoms. The molecule has 2 aliphatic carbocycles. The molecule has 2 aliphatic rings. The van der Waals surface area contributed by atoms with Crippen LogP contribution < -0.4 is 0 Å². The van der Waals surface area contributed by atoms with Gasteiger partial charge in [-0.05, 0) is 82.0 Å².